The predicted molar refractivity (Wildman–Crippen MR) is 127 cm³/mol. The quantitative estimate of drug-likeness (QED) is 0.457. The Hall–Kier alpha value is -3.39. The van der Waals surface area contributed by atoms with Gasteiger partial charge >= 0.3 is 5.69 Å². The first-order chi connectivity index (χ1) is 15.9. The minimum absolute atomic E-state index is 0.105. The highest BCUT2D eigenvalue weighted by Crippen LogP contribution is 2.31. The Morgan fingerprint density at radius 1 is 1.09 bits per heavy atom. The van der Waals surface area contributed by atoms with Crippen LogP contribution < -0.4 is 16.1 Å². The zero-order valence-electron chi connectivity index (χ0n) is 18.4. The number of halogens is 2. The van der Waals surface area contributed by atoms with Crippen molar-refractivity contribution in [1.29, 1.82) is 0 Å². The Labute approximate surface area is 194 Å². The summed E-state index contributed by atoms with van der Waals surface area (Å²) in [6.45, 7) is 3.20. The first-order valence-corrected chi connectivity index (χ1v) is 11.3. The first kappa shape index (κ1) is 21.5. The van der Waals surface area contributed by atoms with Crippen molar-refractivity contribution in [2.45, 2.75) is 32.9 Å². The number of imidazole rings is 1. The number of hydrogen-bond acceptors (Lipinski definition) is 4. The van der Waals surface area contributed by atoms with Gasteiger partial charge < -0.3 is 9.47 Å². The maximum atomic E-state index is 14.4. The highest BCUT2D eigenvalue weighted by Gasteiger charge is 2.27. The minimum Gasteiger partial charge on any atom is -0.312 e. The average molecular weight is 468 g/mol. The van der Waals surface area contributed by atoms with Crippen molar-refractivity contribution in [2.75, 3.05) is 11.4 Å². The zero-order valence-corrected chi connectivity index (χ0v) is 19.1. The summed E-state index contributed by atoms with van der Waals surface area (Å²) in [4.78, 5) is 33.3. The summed E-state index contributed by atoms with van der Waals surface area (Å²) in [7, 11) is 1.57. The summed E-state index contributed by atoms with van der Waals surface area (Å²) in [5.41, 5.74) is 1.89. The predicted octanol–water partition coefficient (Wildman–Crippen LogP) is 3.84. The van der Waals surface area contributed by atoms with Crippen LogP contribution in [0, 0.1) is 5.82 Å². The number of aromatic nitrogens is 4. The molecule has 1 aliphatic rings. The third kappa shape index (κ3) is 3.45. The molecule has 7 nitrogen and oxygen atoms in total. The van der Waals surface area contributed by atoms with E-state index in [1.165, 1.54) is 28.3 Å². The molecule has 0 spiro atoms. The van der Waals surface area contributed by atoms with Crippen LogP contribution in [0.4, 0.5) is 16.0 Å². The smallest absolute Gasteiger partial charge is 0.312 e. The van der Waals surface area contributed by atoms with E-state index in [0.29, 0.717) is 23.7 Å². The molecule has 0 saturated heterocycles. The molecule has 2 aromatic heterocycles. The average Bonchev–Trinajstić information content (AvgIpc) is 3.22. The second kappa shape index (κ2) is 8.19. The van der Waals surface area contributed by atoms with E-state index in [1.807, 2.05) is 16.7 Å². The summed E-state index contributed by atoms with van der Waals surface area (Å²) in [5, 5.41) is 0.168. The minimum atomic E-state index is -0.568. The van der Waals surface area contributed by atoms with Gasteiger partial charge in [0.2, 0.25) is 5.95 Å². The number of benzene rings is 2. The molecule has 9 heteroatoms. The second-order valence-corrected chi connectivity index (χ2v) is 8.60. The molecule has 0 saturated carbocycles. The van der Waals surface area contributed by atoms with Crippen LogP contribution in [0.5, 0.6) is 0 Å². The number of fused-ring (bicyclic) bond motifs is 3. The molecular weight excluding hydrogens is 445 g/mol. The van der Waals surface area contributed by atoms with Crippen LogP contribution in [0.2, 0.25) is 5.02 Å². The highest BCUT2D eigenvalue weighted by molar-refractivity contribution is 6.31. The van der Waals surface area contributed by atoms with E-state index >= 15 is 0 Å². The second-order valence-electron chi connectivity index (χ2n) is 8.19. The molecule has 3 heterocycles. The Morgan fingerprint density at radius 2 is 1.85 bits per heavy atom. The topological polar surface area (TPSA) is 65.1 Å². The lowest BCUT2D eigenvalue weighted by molar-refractivity contribution is 0.578. The Bertz CT molecular complexity index is 1470. The first-order valence-electron chi connectivity index (χ1n) is 10.9. The Morgan fingerprint density at radius 3 is 2.55 bits per heavy atom. The van der Waals surface area contributed by atoms with E-state index in [0.717, 1.165) is 29.6 Å². The van der Waals surface area contributed by atoms with E-state index in [-0.39, 0.29) is 17.1 Å². The van der Waals surface area contributed by atoms with Crippen molar-refractivity contribution < 1.29 is 4.39 Å². The number of anilines is 2. The fraction of sp³-hybridized carbons (Fsp3) is 0.292. The van der Waals surface area contributed by atoms with Gasteiger partial charge in [-0.25, -0.2) is 9.18 Å². The molecule has 170 valence electrons. The van der Waals surface area contributed by atoms with Crippen LogP contribution in [0.25, 0.3) is 11.2 Å². The van der Waals surface area contributed by atoms with Crippen LogP contribution in [-0.4, -0.2) is 25.2 Å². The van der Waals surface area contributed by atoms with Crippen molar-refractivity contribution in [1.82, 2.24) is 18.7 Å². The number of aryl methyl sites for hydroxylation is 3. The zero-order chi connectivity index (χ0) is 23.3. The van der Waals surface area contributed by atoms with Crippen molar-refractivity contribution in [3.8, 4) is 0 Å². The highest BCUT2D eigenvalue weighted by atomic mass is 35.5. The fourth-order valence-electron chi connectivity index (χ4n) is 4.40. The SMILES string of the molecule is CCc1ccc(N2CCCn3c2nc2c3c(=O)n(Cc3c(F)cccc3Cl)c(=O)n2C)cc1. The van der Waals surface area contributed by atoms with Gasteiger partial charge in [-0.15, -0.1) is 0 Å². The van der Waals surface area contributed by atoms with E-state index in [2.05, 4.69) is 24.0 Å². The van der Waals surface area contributed by atoms with Crippen LogP contribution in [0.15, 0.2) is 52.1 Å². The molecule has 0 unspecified atom stereocenters. The molecule has 5 rings (SSSR count). The third-order valence-corrected chi connectivity index (χ3v) is 6.61. The molecule has 0 fully saturated rings. The van der Waals surface area contributed by atoms with Gasteiger partial charge in [-0.3, -0.25) is 13.9 Å². The lowest BCUT2D eigenvalue weighted by Gasteiger charge is -2.29. The van der Waals surface area contributed by atoms with E-state index in [1.54, 1.807) is 7.05 Å². The lowest BCUT2D eigenvalue weighted by Crippen LogP contribution is -2.40. The van der Waals surface area contributed by atoms with E-state index in [9.17, 15) is 14.0 Å². The Kier molecular flexibility index (Phi) is 5.32. The van der Waals surface area contributed by atoms with Gasteiger partial charge in [0.1, 0.15) is 5.82 Å². The summed E-state index contributed by atoms with van der Waals surface area (Å²) < 4.78 is 18.6. The van der Waals surface area contributed by atoms with Gasteiger partial charge in [0.25, 0.3) is 5.56 Å². The lowest BCUT2D eigenvalue weighted by atomic mass is 10.1. The fourth-order valence-corrected chi connectivity index (χ4v) is 4.62. The van der Waals surface area contributed by atoms with Crippen LogP contribution in [0.3, 0.4) is 0 Å². The maximum Gasteiger partial charge on any atom is 0.332 e. The molecule has 33 heavy (non-hydrogen) atoms. The molecule has 0 bridgehead atoms. The molecule has 0 radical (unpaired) electrons. The summed E-state index contributed by atoms with van der Waals surface area (Å²) in [6.07, 6.45) is 1.77. The number of rotatable bonds is 4. The molecule has 0 amide bonds. The molecular formula is C24H23ClFN5O2. The van der Waals surface area contributed by atoms with Crippen molar-refractivity contribution in [3.63, 3.8) is 0 Å². The third-order valence-electron chi connectivity index (χ3n) is 6.25. The Balaban J connectivity index is 1.69. The van der Waals surface area contributed by atoms with Crippen LogP contribution >= 0.6 is 11.6 Å². The largest absolute Gasteiger partial charge is 0.332 e. The van der Waals surface area contributed by atoms with E-state index in [4.69, 9.17) is 16.6 Å². The normalized spacial score (nSPS) is 13.5. The van der Waals surface area contributed by atoms with Crippen molar-refractivity contribution in [3.05, 3.63) is 85.3 Å². The molecule has 4 aromatic rings. The van der Waals surface area contributed by atoms with Gasteiger partial charge in [0.05, 0.1) is 6.54 Å². The molecule has 0 aliphatic carbocycles. The van der Waals surface area contributed by atoms with E-state index < -0.39 is 17.1 Å². The number of hydrogen-bond donors (Lipinski definition) is 0. The van der Waals surface area contributed by atoms with Crippen molar-refractivity contribution in [2.24, 2.45) is 7.05 Å². The monoisotopic (exact) mass is 467 g/mol. The maximum absolute atomic E-state index is 14.4. The molecule has 2 aromatic carbocycles. The van der Waals surface area contributed by atoms with Crippen LogP contribution in [0.1, 0.15) is 24.5 Å². The summed E-state index contributed by atoms with van der Waals surface area (Å²) >= 11 is 6.16. The van der Waals surface area contributed by atoms with Crippen LogP contribution in [-0.2, 0) is 26.6 Å². The van der Waals surface area contributed by atoms with Gasteiger partial charge in [-0.1, -0.05) is 36.7 Å². The summed E-state index contributed by atoms with van der Waals surface area (Å²) in [6, 6.07) is 12.5. The van der Waals surface area contributed by atoms with Gasteiger partial charge in [0.15, 0.2) is 11.2 Å². The van der Waals surface area contributed by atoms with Gasteiger partial charge in [-0.05, 0) is 42.7 Å². The van der Waals surface area contributed by atoms with Gasteiger partial charge in [0, 0.05) is 36.4 Å². The molecule has 0 atom stereocenters. The number of nitrogens with zero attached hydrogens (tertiary/aromatic N) is 5. The summed E-state index contributed by atoms with van der Waals surface area (Å²) in [5.74, 6) is 0.0582. The molecule has 1 aliphatic heterocycles. The molecule has 0 N–H and O–H groups in total. The standard InChI is InChI=1S/C24H23ClFN5O2/c1-3-15-8-10-16(11-9-15)29-12-5-13-30-20-21(27-23(29)30)28(2)24(33)31(22(20)32)14-17-18(25)6-4-7-19(17)26/h4,6-11H,3,5,12-14H2,1-2H3. The van der Waals surface area contributed by atoms with Crippen molar-refractivity contribution >= 4 is 34.4 Å². The van der Waals surface area contributed by atoms with Gasteiger partial charge in [-0.2, -0.15) is 4.98 Å².